The molecule has 0 amide bonds. The Hall–Kier alpha value is 0.677. The van der Waals surface area contributed by atoms with Crippen molar-refractivity contribution < 1.29 is 38.3 Å². The van der Waals surface area contributed by atoms with Gasteiger partial charge in [0.15, 0.2) is 0 Å². The van der Waals surface area contributed by atoms with Crippen LogP contribution in [0.5, 0.6) is 0 Å². The first kappa shape index (κ1) is 14.7. The van der Waals surface area contributed by atoms with Gasteiger partial charge in [0, 0.05) is 0 Å². The van der Waals surface area contributed by atoms with Crippen LogP contribution in [-0.2, 0) is 38.3 Å². The first-order valence-corrected chi connectivity index (χ1v) is 7.29. The van der Waals surface area contributed by atoms with E-state index in [1.54, 1.807) is 0 Å². The van der Waals surface area contributed by atoms with E-state index in [1.165, 1.54) is 49.7 Å². The van der Waals surface area contributed by atoms with Crippen LogP contribution >= 0.6 is 0 Å². The molecule has 0 fully saturated rings. The van der Waals surface area contributed by atoms with E-state index in [9.17, 15) is 0 Å². The SMILES string of the molecule is CCCC/C([C]#[Mo])=C(\[C]#[Mo])CCCC. The minimum atomic E-state index is 1.18. The minimum absolute atomic E-state index is 1.18. The Morgan fingerprint density at radius 1 is 0.857 bits per heavy atom. The monoisotopic (exact) mass is 358 g/mol. The molecule has 0 saturated carbocycles. The number of allylic oxidation sites excluding steroid dienone is 2. The summed E-state index contributed by atoms with van der Waals surface area (Å²) in [5.41, 5.74) is 2.80. The summed E-state index contributed by atoms with van der Waals surface area (Å²) in [5, 5.41) is 0. The van der Waals surface area contributed by atoms with Crippen LogP contribution in [0.4, 0.5) is 0 Å². The topological polar surface area (TPSA) is 0 Å². The van der Waals surface area contributed by atoms with Crippen LogP contribution in [0.15, 0.2) is 11.1 Å². The van der Waals surface area contributed by atoms with E-state index in [0.717, 1.165) is 0 Å². The standard InChI is InChI=1S/C12H18.2Mo/c1-5-7-9-11(3)12(4)10-8-6-2;;/h5-10H2,1-2H3;;/b12-11+;;. The van der Waals surface area contributed by atoms with Crippen LogP contribution < -0.4 is 0 Å². The van der Waals surface area contributed by atoms with Crippen molar-refractivity contribution in [2.75, 3.05) is 0 Å². The van der Waals surface area contributed by atoms with Gasteiger partial charge in [-0.05, 0) is 0 Å². The molecule has 0 radical (unpaired) electrons. The van der Waals surface area contributed by atoms with Crippen molar-refractivity contribution in [3.8, 4) is 8.40 Å². The number of unbranched alkanes of at least 4 members (excludes halogenated alkanes) is 2. The summed E-state index contributed by atoms with van der Waals surface area (Å²) >= 11 is 3.91. The van der Waals surface area contributed by atoms with Crippen LogP contribution in [-0.4, -0.2) is 0 Å². The molecular formula is C12H18Mo2. The molecule has 0 bridgehead atoms. The zero-order valence-corrected chi connectivity index (χ0v) is 13.1. The second-order valence-electron chi connectivity index (χ2n) is 3.37. The number of hydrogen-bond acceptors (Lipinski definition) is 0. The summed E-state index contributed by atoms with van der Waals surface area (Å²) in [7, 11) is 0. The fourth-order valence-corrected chi connectivity index (χ4v) is 2.34. The third-order valence-corrected chi connectivity index (χ3v) is 3.38. The predicted molar refractivity (Wildman–Crippen MR) is 53.9 cm³/mol. The average Bonchev–Trinajstić information content (AvgIpc) is 2.23. The molecule has 14 heavy (non-hydrogen) atoms. The second-order valence-corrected chi connectivity index (χ2v) is 4.37. The molecular weight excluding hydrogens is 336 g/mol. The van der Waals surface area contributed by atoms with Crippen molar-refractivity contribution in [2.24, 2.45) is 0 Å². The molecule has 0 aliphatic carbocycles. The Morgan fingerprint density at radius 2 is 1.21 bits per heavy atom. The van der Waals surface area contributed by atoms with Gasteiger partial charge in [-0.2, -0.15) is 0 Å². The van der Waals surface area contributed by atoms with Gasteiger partial charge in [0.05, 0.1) is 0 Å². The average molecular weight is 354 g/mol. The van der Waals surface area contributed by atoms with Gasteiger partial charge in [0.25, 0.3) is 0 Å². The molecule has 0 nitrogen and oxygen atoms in total. The van der Waals surface area contributed by atoms with Crippen LogP contribution in [0, 0.1) is 8.40 Å². The van der Waals surface area contributed by atoms with Gasteiger partial charge in [0.2, 0.25) is 0 Å². The van der Waals surface area contributed by atoms with Crippen molar-refractivity contribution in [1.82, 2.24) is 0 Å². The maximum atomic E-state index is 3.33. The van der Waals surface area contributed by atoms with Gasteiger partial charge in [-0.3, -0.25) is 0 Å². The molecule has 0 unspecified atom stereocenters. The molecule has 0 heterocycles. The Kier molecular flexibility index (Phi) is 10.7. The number of hydrogen-bond donors (Lipinski definition) is 0. The van der Waals surface area contributed by atoms with Gasteiger partial charge >= 0.3 is 110 Å². The van der Waals surface area contributed by atoms with Gasteiger partial charge in [0.1, 0.15) is 0 Å². The first-order valence-electron chi connectivity index (χ1n) is 5.28. The normalized spacial score (nSPS) is 11.4. The summed E-state index contributed by atoms with van der Waals surface area (Å²) < 4.78 is 6.65. The van der Waals surface area contributed by atoms with E-state index in [2.05, 4.69) is 22.3 Å². The van der Waals surface area contributed by atoms with E-state index in [-0.39, 0.29) is 0 Å². The van der Waals surface area contributed by atoms with Gasteiger partial charge in [-0.25, -0.2) is 0 Å². The quantitative estimate of drug-likeness (QED) is 0.639. The molecule has 0 aromatic heterocycles. The Morgan fingerprint density at radius 3 is 1.43 bits per heavy atom. The van der Waals surface area contributed by atoms with Crippen molar-refractivity contribution in [2.45, 2.75) is 52.4 Å². The third-order valence-electron chi connectivity index (χ3n) is 2.17. The summed E-state index contributed by atoms with van der Waals surface area (Å²) in [4.78, 5) is 0. The summed E-state index contributed by atoms with van der Waals surface area (Å²) in [6.45, 7) is 4.47. The molecule has 0 aromatic rings. The molecule has 0 aromatic carbocycles. The summed E-state index contributed by atoms with van der Waals surface area (Å²) in [5.74, 6) is 0. The molecule has 2 heteroatoms. The van der Waals surface area contributed by atoms with Crippen molar-refractivity contribution in [3.63, 3.8) is 0 Å². The van der Waals surface area contributed by atoms with Crippen LogP contribution in [0.1, 0.15) is 52.4 Å². The van der Waals surface area contributed by atoms with Crippen LogP contribution in [0.2, 0.25) is 0 Å². The molecule has 78 valence electrons. The summed E-state index contributed by atoms with van der Waals surface area (Å²) in [6, 6.07) is 0. The fraction of sp³-hybridized carbons (Fsp3) is 0.667. The summed E-state index contributed by atoms with van der Waals surface area (Å²) in [6.07, 6.45) is 7.43. The van der Waals surface area contributed by atoms with Crippen molar-refractivity contribution >= 4 is 0 Å². The molecule has 0 N–H and O–H groups in total. The molecule has 0 saturated heterocycles. The van der Waals surface area contributed by atoms with E-state index < -0.39 is 0 Å². The Bertz CT molecular complexity index is 235. The van der Waals surface area contributed by atoms with Gasteiger partial charge in [-0.15, -0.1) is 0 Å². The van der Waals surface area contributed by atoms with Crippen molar-refractivity contribution in [3.05, 3.63) is 11.1 Å². The Balaban J connectivity index is 4.43. The van der Waals surface area contributed by atoms with E-state index >= 15 is 0 Å². The first-order chi connectivity index (χ1) is 6.79. The van der Waals surface area contributed by atoms with Gasteiger partial charge < -0.3 is 0 Å². The van der Waals surface area contributed by atoms with E-state index in [1.807, 2.05) is 38.3 Å². The second kappa shape index (κ2) is 10.2. The number of rotatable bonds is 6. The van der Waals surface area contributed by atoms with Crippen LogP contribution in [0.25, 0.3) is 0 Å². The maximum absolute atomic E-state index is 3.33. The third kappa shape index (κ3) is 6.21. The van der Waals surface area contributed by atoms with Crippen molar-refractivity contribution in [1.29, 1.82) is 0 Å². The molecule has 0 spiro atoms. The fourth-order valence-electron chi connectivity index (χ4n) is 1.23. The van der Waals surface area contributed by atoms with Crippen LogP contribution in [0.3, 0.4) is 0 Å². The van der Waals surface area contributed by atoms with Gasteiger partial charge in [-0.1, -0.05) is 0 Å². The molecule has 0 rings (SSSR count). The zero-order valence-electron chi connectivity index (χ0n) is 9.06. The molecule has 0 aliphatic rings. The molecule has 0 atom stereocenters. The molecule has 0 aliphatic heterocycles. The predicted octanol–water partition coefficient (Wildman–Crippen LogP) is 3.68. The van der Waals surface area contributed by atoms with E-state index in [4.69, 9.17) is 0 Å². The van der Waals surface area contributed by atoms with E-state index in [0.29, 0.717) is 0 Å². The zero-order chi connectivity index (χ0) is 10.8. The Labute approximate surface area is 110 Å².